The van der Waals surface area contributed by atoms with E-state index in [2.05, 4.69) is 5.32 Å². The number of rotatable bonds is 6. The molecular weight excluding hydrogens is 300 g/mol. The van der Waals surface area contributed by atoms with Crippen molar-refractivity contribution in [1.82, 2.24) is 9.88 Å². The Morgan fingerprint density at radius 2 is 1.62 bits per heavy atom. The highest BCUT2D eigenvalue weighted by molar-refractivity contribution is 5.94. The Kier molecular flexibility index (Phi) is 5.08. The summed E-state index contributed by atoms with van der Waals surface area (Å²) in [5.41, 5.74) is 3.83. The fraction of sp³-hybridized carbons (Fsp3) is 0.150. The molecule has 0 saturated heterocycles. The van der Waals surface area contributed by atoms with Gasteiger partial charge in [0.15, 0.2) is 0 Å². The first kappa shape index (κ1) is 16.0. The van der Waals surface area contributed by atoms with Gasteiger partial charge in [0.1, 0.15) is 0 Å². The van der Waals surface area contributed by atoms with Gasteiger partial charge >= 0.3 is 0 Å². The summed E-state index contributed by atoms with van der Waals surface area (Å²) in [6.07, 6.45) is 3.95. The number of carbonyl (C=O) groups is 1. The molecule has 1 heterocycles. The standard InChI is InChI=1S/C20H20N2O2/c1-24-15-18-7-3-2-6-17(18)14-21-20(23)16-8-10-19(11-9-16)22-12-4-5-13-22/h2-13H,14-15H2,1H3,(H,21,23). The SMILES string of the molecule is COCc1ccccc1CNC(=O)c1ccc(-n2cccc2)cc1. The second-order valence-electron chi connectivity index (χ2n) is 5.52. The Balaban J connectivity index is 1.65. The molecule has 0 bridgehead atoms. The van der Waals surface area contributed by atoms with E-state index in [4.69, 9.17) is 4.74 Å². The average molecular weight is 320 g/mol. The molecule has 0 radical (unpaired) electrons. The van der Waals surface area contributed by atoms with Crippen molar-refractivity contribution in [2.24, 2.45) is 0 Å². The molecule has 0 unspecified atom stereocenters. The maximum Gasteiger partial charge on any atom is 0.251 e. The molecule has 0 aliphatic heterocycles. The van der Waals surface area contributed by atoms with Crippen LogP contribution in [-0.2, 0) is 17.9 Å². The van der Waals surface area contributed by atoms with E-state index < -0.39 is 0 Å². The number of ether oxygens (including phenoxy) is 1. The van der Waals surface area contributed by atoms with Crippen LogP contribution in [0.3, 0.4) is 0 Å². The third kappa shape index (κ3) is 3.73. The number of nitrogens with one attached hydrogen (secondary N) is 1. The largest absolute Gasteiger partial charge is 0.380 e. The summed E-state index contributed by atoms with van der Waals surface area (Å²) in [5.74, 6) is -0.0822. The van der Waals surface area contributed by atoms with Crippen LogP contribution >= 0.6 is 0 Å². The Morgan fingerprint density at radius 1 is 0.958 bits per heavy atom. The molecule has 1 N–H and O–H groups in total. The van der Waals surface area contributed by atoms with Gasteiger partial charge in [-0.3, -0.25) is 4.79 Å². The van der Waals surface area contributed by atoms with E-state index in [0.29, 0.717) is 18.7 Å². The Bertz CT molecular complexity index is 793. The summed E-state index contributed by atoms with van der Waals surface area (Å²) in [7, 11) is 1.67. The monoisotopic (exact) mass is 320 g/mol. The van der Waals surface area contributed by atoms with E-state index in [9.17, 15) is 4.79 Å². The lowest BCUT2D eigenvalue weighted by molar-refractivity contribution is 0.0950. The molecule has 4 nitrogen and oxygen atoms in total. The fourth-order valence-corrected chi connectivity index (χ4v) is 2.60. The minimum absolute atomic E-state index is 0.0822. The average Bonchev–Trinajstić information content (AvgIpc) is 3.16. The van der Waals surface area contributed by atoms with E-state index in [1.54, 1.807) is 7.11 Å². The minimum atomic E-state index is -0.0822. The zero-order valence-corrected chi connectivity index (χ0v) is 13.6. The second-order valence-corrected chi connectivity index (χ2v) is 5.52. The van der Waals surface area contributed by atoms with Crippen LogP contribution in [0.1, 0.15) is 21.5 Å². The molecule has 1 amide bonds. The first-order valence-corrected chi connectivity index (χ1v) is 7.85. The first-order valence-electron chi connectivity index (χ1n) is 7.85. The van der Waals surface area contributed by atoms with Crippen molar-refractivity contribution in [3.05, 3.63) is 89.7 Å². The van der Waals surface area contributed by atoms with Crippen LogP contribution in [0.15, 0.2) is 73.1 Å². The molecule has 0 atom stereocenters. The molecule has 24 heavy (non-hydrogen) atoms. The maximum atomic E-state index is 12.3. The van der Waals surface area contributed by atoms with Gasteiger partial charge in [0, 0.05) is 37.3 Å². The van der Waals surface area contributed by atoms with E-state index >= 15 is 0 Å². The molecule has 122 valence electrons. The summed E-state index contributed by atoms with van der Waals surface area (Å²) < 4.78 is 7.20. The van der Waals surface area contributed by atoms with E-state index in [0.717, 1.165) is 16.8 Å². The lowest BCUT2D eigenvalue weighted by Gasteiger charge is -2.10. The number of nitrogens with zero attached hydrogens (tertiary/aromatic N) is 1. The van der Waals surface area contributed by atoms with Gasteiger partial charge in [-0.25, -0.2) is 0 Å². The van der Waals surface area contributed by atoms with Gasteiger partial charge in [0.25, 0.3) is 5.91 Å². The van der Waals surface area contributed by atoms with Crippen molar-refractivity contribution < 1.29 is 9.53 Å². The summed E-state index contributed by atoms with van der Waals surface area (Å²) in [6, 6.07) is 19.4. The Labute approximate surface area is 141 Å². The van der Waals surface area contributed by atoms with Gasteiger partial charge in [0.2, 0.25) is 0 Å². The number of hydrogen-bond donors (Lipinski definition) is 1. The summed E-state index contributed by atoms with van der Waals surface area (Å²) in [6.45, 7) is 1.02. The van der Waals surface area contributed by atoms with Crippen LogP contribution in [0.2, 0.25) is 0 Å². The maximum absolute atomic E-state index is 12.3. The van der Waals surface area contributed by atoms with Gasteiger partial charge in [-0.1, -0.05) is 24.3 Å². The lowest BCUT2D eigenvalue weighted by atomic mass is 10.1. The molecule has 4 heteroatoms. The zero-order valence-electron chi connectivity index (χ0n) is 13.6. The number of benzene rings is 2. The number of carbonyl (C=O) groups excluding carboxylic acids is 1. The number of amides is 1. The van der Waals surface area contributed by atoms with Gasteiger partial charge in [0.05, 0.1) is 6.61 Å². The highest BCUT2D eigenvalue weighted by Crippen LogP contribution is 2.12. The zero-order chi connectivity index (χ0) is 16.8. The quantitative estimate of drug-likeness (QED) is 0.755. The van der Waals surface area contributed by atoms with Gasteiger partial charge in [-0.15, -0.1) is 0 Å². The minimum Gasteiger partial charge on any atom is -0.380 e. The van der Waals surface area contributed by atoms with Crippen LogP contribution in [0.25, 0.3) is 5.69 Å². The van der Waals surface area contributed by atoms with Crippen molar-refractivity contribution in [3.8, 4) is 5.69 Å². The third-order valence-corrected chi connectivity index (χ3v) is 3.89. The van der Waals surface area contributed by atoms with E-state index in [-0.39, 0.29) is 5.91 Å². The fourth-order valence-electron chi connectivity index (χ4n) is 2.60. The number of aromatic nitrogens is 1. The van der Waals surface area contributed by atoms with Crippen molar-refractivity contribution in [1.29, 1.82) is 0 Å². The number of methoxy groups -OCH3 is 1. The van der Waals surface area contributed by atoms with Gasteiger partial charge in [-0.05, 0) is 47.5 Å². The second kappa shape index (κ2) is 7.62. The Hall–Kier alpha value is -2.85. The molecule has 3 rings (SSSR count). The van der Waals surface area contributed by atoms with Crippen molar-refractivity contribution in [3.63, 3.8) is 0 Å². The first-order chi connectivity index (χ1) is 11.8. The van der Waals surface area contributed by atoms with E-state index in [1.165, 1.54) is 0 Å². The summed E-state index contributed by atoms with van der Waals surface area (Å²) >= 11 is 0. The van der Waals surface area contributed by atoms with E-state index in [1.807, 2.05) is 77.6 Å². The normalized spacial score (nSPS) is 10.5. The molecule has 0 saturated carbocycles. The number of hydrogen-bond acceptors (Lipinski definition) is 2. The van der Waals surface area contributed by atoms with Crippen LogP contribution in [0.4, 0.5) is 0 Å². The highest BCUT2D eigenvalue weighted by Gasteiger charge is 2.07. The van der Waals surface area contributed by atoms with Crippen molar-refractivity contribution in [2.75, 3.05) is 7.11 Å². The van der Waals surface area contributed by atoms with Crippen molar-refractivity contribution >= 4 is 5.91 Å². The van der Waals surface area contributed by atoms with Gasteiger partial charge < -0.3 is 14.6 Å². The van der Waals surface area contributed by atoms with Crippen LogP contribution in [-0.4, -0.2) is 17.6 Å². The van der Waals surface area contributed by atoms with Crippen molar-refractivity contribution in [2.45, 2.75) is 13.2 Å². The smallest absolute Gasteiger partial charge is 0.251 e. The molecule has 2 aromatic carbocycles. The molecule has 1 aromatic heterocycles. The molecule has 0 aliphatic carbocycles. The third-order valence-electron chi connectivity index (χ3n) is 3.89. The van der Waals surface area contributed by atoms with Crippen LogP contribution in [0.5, 0.6) is 0 Å². The lowest BCUT2D eigenvalue weighted by Crippen LogP contribution is -2.23. The topological polar surface area (TPSA) is 43.3 Å². The van der Waals surface area contributed by atoms with Crippen LogP contribution in [0, 0.1) is 0 Å². The predicted molar refractivity (Wildman–Crippen MR) is 94.1 cm³/mol. The summed E-state index contributed by atoms with van der Waals surface area (Å²) in [5, 5.41) is 2.97. The molecule has 0 aliphatic rings. The predicted octanol–water partition coefficient (Wildman–Crippen LogP) is 3.55. The molecular formula is C20H20N2O2. The van der Waals surface area contributed by atoms with Gasteiger partial charge in [-0.2, -0.15) is 0 Å². The molecule has 3 aromatic rings. The Morgan fingerprint density at radius 3 is 2.29 bits per heavy atom. The summed E-state index contributed by atoms with van der Waals surface area (Å²) in [4.78, 5) is 12.3. The molecule has 0 spiro atoms. The molecule has 0 fully saturated rings. The van der Waals surface area contributed by atoms with Crippen LogP contribution < -0.4 is 5.32 Å². The highest BCUT2D eigenvalue weighted by atomic mass is 16.5.